The van der Waals surface area contributed by atoms with E-state index < -0.39 is 0 Å². The van der Waals surface area contributed by atoms with Gasteiger partial charge in [-0.3, -0.25) is 9.80 Å². The van der Waals surface area contributed by atoms with E-state index in [0.29, 0.717) is 0 Å². The number of benzene rings is 1. The molecule has 0 N–H and O–H groups in total. The van der Waals surface area contributed by atoms with Crippen molar-refractivity contribution < 1.29 is 0 Å². The van der Waals surface area contributed by atoms with E-state index in [1.54, 1.807) is 0 Å². The van der Waals surface area contributed by atoms with Crippen LogP contribution in [0.15, 0.2) is 28.7 Å². The summed E-state index contributed by atoms with van der Waals surface area (Å²) >= 11 is 3.55. The average molecular weight is 309 g/mol. The Morgan fingerprint density at radius 2 is 2.00 bits per heavy atom. The number of halogens is 1. The minimum absolute atomic E-state index is 0.819. The summed E-state index contributed by atoms with van der Waals surface area (Å²) in [5.41, 5.74) is 1.42. The summed E-state index contributed by atoms with van der Waals surface area (Å²) in [5.74, 6) is 0. The van der Waals surface area contributed by atoms with Gasteiger partial charge in [0.1, 0.15) is 0 Å². The maximum atomic E-state index is 3.55. The first kappa shape index (κ1) is 12.6. The predicted octanol–water partition coefficient (Wildman–Crippen LogP) is 3.12. The van der Waals surface area contributed by atoms with Crippen LogP contribution in [-0.4, -0.2) is 42.0 Å². The Labute approximate surface area is 118 Å². The topological polar surface area (TPSA) is 6.48 Å². The fourth-order valence-corrected chi connectivity index (χ4v) is 3.70. The van der Waals surface area contributed by atoms with E-state index in [0.717, 1.165) is 12.6 Å². The highest BCUT2D eigenvalue weighted by Gasteiger charge is 2.28. The number of rotatable bonds is 3. The summed E-state index contributed by atoms with van der Waals surface area (Å²) in [6.07, 6.45) is 4.16. The Balaban J connectivity index is 1.55. The SMILES string of the molecule is Brc1cccc(CN2CCC(N3CCCC3)C2)c1. The van der Waals surface area contributed by atoms with Crippen molar-refractivity contribution in [1.82, 2.24) is 9.80 Å². The molecule has 2 fully saturated rings. The number of hydrogen-bond donors (Lipinski definition) is 0. The highest BCUT2D eigenvalue weighted by atomic mass is 79.9. The molecular weight excluding hydrogens is 288 g/mol. The molecule has 1 unspecified atom stereocenters. The first-order chi connectivity index (χ1) is 8.81. The lowest BCUT2D eigenvalue weighted by Gasteiger charge is -2.23. The predicted molar refractivity (Wildman–Crippen MR) is 78.6 cm³/mol. The van der Waals surface area contributed by atoms with Gasteiger partial charge in [0.05, 0.1) is 0 Å². The Hall–Kier alpha value is -0.380. The molecule has 0 saturated carbocycles. The van der Waals surface area contributed by atoms with Gasteiger partial charge in [-0.2, -0.15) is 0 Å². The van der Waals surface area contributed by atoms with Crippen molar-refractivity contribution in [1.29, 1.82) is 0 Å². The molecule has 18 heavy (non-hydrogen) atoms. The molecule has 0 aliphatic carbocycles. The van der Waals surface area contributed by atoms with Crippen LogP contribution in [0.4, 0.5) is 0 Å². The molecule has 3 rings (SSSR count). The van der Waals surface area contributed by atoms with Crippen LogP contribution in [0.5, 0.6) is 0 Å². The van der Waals surface area contributed by atoms with E-state index in [9.17, 15) is 0 Å². The van der Waals surface area contributed by atoms with Crippen molar-refractivity contribution >= 4 is 15.9 Å². The largest absolute Gasteiger partial charge is 0.299 e. The Morgan fingerprint density at radius 1 is 1.17 bits per heavy atom. The Morgan fingerprint density at radius 3 is 2.78 bits per heavy atom. The van der Waals surface area contributed by atoms with Crippen LogP contribution in [0.3, 0.4) is 0 Å². The minimum Gasteiger partial charge on any atom is -0.299 e. The van der Waals surface area contributed by atoms with Crippen molar-refractivity contribution in [2.45, 2.75) is 31.8 Å². The highest BCUT2D eigenvalue weighted by molar-refractivity contribution is 9.10. The van der Waals surface area contributed by atoms with Gasteiger partial charge in [0, 0.05) is 30.1 Å². The monoisotopic (exact) mass is 308 g/mol. The molecule has 2 saturated heterocycles. The first-order valence-electron chi connectivity index (χ1n) is 7.02. The zero-order chi connectivity index (χ0) is 12.4. The highest BCUT2D eigenvalue weighted by Crippen LogP contribution is 2.22. The minimum atomic E-state index is 0.819. The molecule has 0 amide bonds. The van der Waals surface area contributed by atoms with Gasteiger partial charge in [-0.15, -0.1) is 0 Å². The summed E-state index contributed by atoms with van der Waals surface area (Å²) in [6, 6.07) is 9.52. The van der Waals surface area contributed by atoms with Gasteiger partial charge in [-0.25, -0.2) is 0 Å². The molecule has 1 atom stereocenters. The van der Waals surface area contributed by atoms with E-state index in [2.05, 4.69) is 50.0 Å². The first-order valence-corrected chi connectivity index (χ1v) is 7.81. The van der Waals surface area contributed by atoms with Gasteiger partial charge in [0.25, 0.3) is 0 Å². The number of likely N-dealkylation sites (tertiary alicyclic amines) is 2. The van der Waals surface area contributed by atoms with Crippen LogP contribution in [-0.2, 0) is 6.54 Å². The summed E-state index contributed by atoms with van der Waals surface area (Å²) in [5, 5.41) is 0. The van der Waals surface area contributed by atoms with Crippen molar-refractivity contribution in [2.75, 3.05) is 26.2 Å². The third kappa shape index (κ3) is 2.95. The summed E-state index contributed by atoms with van der Waals surface area (Å²) in [4.78, 5) is 5.30. The lowest BCUT2D eigenvalue weighted by Crippen LogP contribution is -2.35. The molecule has 0 radical (unpaired) electrons. The smallest absolute Gasteiger partial charge is 0.0235 e. The van der Waals surface area contributed by atoms with Crippen LogP contribution in [0.2, 0.25) is 0 Å². The molecule has 0 aromatic heterocycles. The van der Waals surface area contributed by atoms with Gasteiger partial charge in [-0.05, 0) is 50.0 Å². The van der Waals surface area contributed by atoms with E-state index >= 15 is 0 Å². The fraction of sp³-hybridized carbons (Fsp3) is 0.600. The summed E-state index contributed by atoms with van der Waals surface area (Å²) < 4.78 is 1.19. The van der Waals surface area contributed by atoms with Crippen molar-refractivity contribution in [2.24, 2.45) is 0 Å². The standard InChI is InChI=1S/C15H21BrN2/c16-14-5-3-4-13(10-14)11-17-9-6-15(12-17)18-7-1-2-8-18/h3-5,10,15H,1-2,6-9,11-12H2. The maximum absolute atomic E-state index is 3.55. The van der Waals surface area contributed by atoms with Gasteiger partial charge in [0.15, 0.2) is 0 Å². The molecule has 2 aliphatic rings. The molecule has 0 bridgehead atoms. The normalized spacial score (nSPS) is 25.9. The van der Waals surface area contributed by atoms with Crippen LogP contribution < -0.4 is 0 Å². The van der Waals surface area contributed by atoms with Crippen LogP contribution >= 0.6 is 15.9 Å². The zero-order valence-corrected chi connectivity index (χ0v) is 12.4. The molecular formula is C15H21BrN2. The second-order valence-corrected chi connectivity index (χ2v) is 6.47. The van der Waals surface area contributed by atoms with Gasteiger partial charge in [0.2, 0.25) is 0 Å². The molecule has 1 aromatic rings. The van der Waals surface area contributed by atoms with E-state index in [-0.39, 0.29) is 0 Å². The Kier molecular flexibility index (Phi) is 4.02. The third-order valence-electron chi connectivity index (χ3n) is 4.20. The number of hydrogen-bond acceptors (Lipinski definition) is 2. The second-order valence-electron chi connectivity index (χ2n) is 5.55. The summed E-state index contributed by atoms with van der Waals surface area (Å²) in [6.45, 7) is 6.27. The zero-order valence-electron chi connectivity index (χ0n) is 10.8. The second kappa shape index (κ2) is 5.72. The molecule has 1 aromatic carbocycles. The van der Waals surface area contributed by atoms with Gasteiger partial charge < -0.3 is 0 Å². The summed E-state index contributed by atoms with van der Waals surface area (Å²) in [7, 11) is 0. The molecule has 3 heteroatoms. The molecule has 0 spiro atoms. The molecule has 2 nitrogen and oxygen atoms in total. The molecule has 2 aliphatic heterocycles. The average Bonchev–Trinajstić information content (AvgIpc) is 2.98. The lowest BCUT2D eigenvalue weighted by molar-refractivity contribution is 0.230. The quantitative estimate of drug-likeness (QED) is 0.846. The third-order valence-corrected chi connectivity index (χ3v) is 4.69. The number of nitrogens with zero attached hydrogens (tertiary/aromatic N) is 2. The fourth-order valence-electron chi connectivity index (χ4n) is 3.25. The Bertz CT molecular complexity index is 401. The van der Waals surface area contributed by atoms with Crippen molar-refractivity contribution in [3.05, 3.63) is 34.3 Å². The van der Waals surface area contributed by atoms with Gasteiger partial charge >= 0.3 is 0 Å². The lowest BCUT2D eigenvalue weighted by atomic mass is 10.2. The van der Waals surface area contributed by atoms with Crippen LogP contribution in [0, 0.1) is 0 Å². The van der Waals surface area contributed by atoms with Crippen molar-refractivity contribution in [3.63, 3.8) is 0 Å². The van der Waals surface area contributed by atoms with Crippen LogP contribution in [0.1, 0.15) is 24.8 Å². The van der Waals surface area contributed by atoms with Gasteiger partial charge in [-0.1, -0.05) is 28.1 Å². The molecule has 98 valence electrons. The van der Waals surface area contributed by atoms with E-state index in [1.165, 1.54) is 55.5 Å². The molecule has 2 heterocycles. The van der Waals surface area contributed by atoms with Crippen molar-refractivity contribution in [3.8, 4) is 0 Å². The van der Waals surface area contributed by atoms with E-state index in [1.807, 2.05) is 0 Å². The van der Waals surface area contributed by atoms with E-state index in [4.69, 9.17) is 0 Å². The van der Waals surface area contributed by atoms with Crippen LogP contribution in [0.25, 0.3) is 0 Å². The maximum Gasteiger partial charge on any atom is 0.0235 e.